The summed E-state index contributed by atoms with van der Waals surface area (Å²) in [6.45, 7) is 8.66. The lowest BCUT2D eigenvalue weighted by molar-refractivity contribution is -0.121. The highest BCUT2D eigenvalue weighted by Gasteiger charge is 2.21. The highest BCUT2D eigenvalue weighted by Crippen LogP contribution is 2.18. The first kappa shape index (κ1) is 14.2. The lowest BCUT2D eigenvalue weighted by atomic mass is 9.94. The summed E-state index contributed by atoms with van der Waals surface area (Å²) in [5.41, 5.74) is 7.49. The number of nitrogens with zero attached hydrogens (tertiary/aromatic N) is 4. The zero-order valence-corrected chi connectivity index (χ0v) is 11.3. The summed E-state index contributed by atoms with van der Waals surface area (Å²) in [7, 11) is 0. The predicted octanol–water partition coefficient (Wildman–Crippen LogP) is 1.71. The zero-order chi connectivity index (χ0) is 15.2. The van der Waals surface area contributed by atoms with E-state index in [0.29, 0.717) is 12.1 Å². The molecule has 0 unspecified atom stereocenters. The monoisotopic (exact) mass is 280 g/mol. The Morgan fingerprint density at radius 2 is 2.29 bits per heavy atom. The largest absolute Gasteiger partial charge is 0.371 e. The third-order valence-electron chi connectivity index (χ3n) is 2.94. The maximum Gasteiger partial charge on any atom is 0.371 e. The average molecular weight is 280 g/mol. The van der Waals surface area contributed by atoms with Crippen LogP contribution in [0.1, 0.15) is 18.9 Å². The molecule has 7 heteroatoms. The van der Waals surface area contributed by atoms with Crippen molar-refractivity contribution in [2.45, 2.75) is 13.3 Å². The Morgan fingerprint density at radius 1 is 1.57 bits per heavy atom. The molecule has 0 aliphatic carbocycles. The van der Waals surface area contributed by atoms with E-state index in [1.807, 2.05) is 19.1 Å². The predicted molar refractivity (Wildman–Crippen MR) is 78.2 cm³/mol. The molecular weight excluding hydrogens is 268 g/mol. The van der Waals surface area contributed by atoms with Crippen LogP contribution < -0.4 is 10.9 Å². The van der Waals surface area contributed by atoms with Crippen LogP contribution in [0.25, 0.3) is 4.85 Å². The number of hydrogen-bond donors (Lipinski definition) is 2. The Labute approximate surface area is 121 Å². The van der Waals surface area contributed by atoms with Crippen LogP contribution in [0.15, 0.2) is 34.5 Å². The zero-order valence-electron chi connectivity index (χ0n) is 11.3. The second kappa shape index (κ2) is 6.31. The van der Waals surface area contributed by atoms with Gasteiger partial charge in [0.25, 0.3) is 0 Å². The molecular formula is C14H12N6O. The first-order chi connectivity index (χ1) is 10.1. The van der Waals surface area contributed by atoms with Crippen LogP contribution in [0, 0.1) is 23.8 Å². The molecule has 1 amide bonds. The molecule has 0 fully saturated rings. The molecule has 1 atom stereocenters. The Morgan fingerprint density at radius 3 is 2.86 bits per heavy atom. The van der Waals surface area contributed by atoms with Crippen molar-refractivity contribution < 1.29 is 4.79 Å². The van der Waals surface area contributed by atoms with Crippen molar-refractivity contribution >= 4 is 23.1 Å². The van der Waals surface area contributed by atoms with E-state index in [1.165, 1.54) is 0 Å². The molecule has 1 aliphatic rings. The molecule has 21 heavy (non-hydrogen) atoms. The van der Waals surface area contributed by atoms with Crippen LogP contribution in [0.3, 0.4) is 0 Å². The Balaban J connectivity index is 2.13. The Hall–Kier alpha value is -3.19. The third kappa shape index (κ3) is 3.43. The molecule has 0 spiro atoms. The first-order valence-corrected chi connectivity index (χ1v) is 6.22. The van der Waals surface area contributed by atoms with Crippen molar-refractivity contribution in [2.75, 3.05) is 5.43 Å². The molecule has 0 bridgehead atoms. The van der Waals surface area contributed by atoms with Crippen LogP contribution in [-0.4, -0.2) is 17.5 Å². The van der Waals surface area contributed by atoms with E-state index in [9.17, 15) is 4.79 Å². The lowest BCUT2D eigenvalue weighted by Crippen LogP contribution is -2.31. The fraction of sp³-hybridized carbons (Fsp3) is 0.214. The van der Waals surface area contributed by atoms with E-state index in [-0.39, 0.29) is 17.7 Å². The van der Waals surface area contributed by atoms with Gasteiger partial charge in [-0.15, -0.1) is 0 Å². The fourth-order valence-electron chi connectivity index (χ4n) is 1.91. The topological polar surface area (TPSA) is 94.0 Å². The standard InChI is InChI=1S/C14H12N6O/c1-9-7-13(21)19-20-14(9)10-3-5-11(6-4-10)17-18-12(8-15)16-2/h3-6,9,17H,7H2,1H3,(H,19,21)/b18-12-/t9-/m1/s1. The maximum atomic E-state index is 11.2. The van der Waals surface area contributed by atoms with Gasteiger partial charge < -0.3 is 4.85 Å². The number of amides is 1. The van der Waals surface area contributed by atoms with E-state index in [1.54, 1.807) is 18.2 Å². The smallest absolute Gasteiger partial charge is 0.350 e. The van der Waals surface area contributed by atoms with Gasteiger partial charge >= 0.3 is 5.84 Å². The van der Waals surface area contributed by atoms with Crippen molar-refractivity contribution in [3.05, 3.63) is 41.2 Å². The fourth-order valence-corrected chi connectivity index (χ4v) is 1.91. The van der Waals surface area contributed by atoms with Gasteiger partial charge in [0.1, 0.15) is 6.07 Å². The van der Waals surface area contributed by atoms with Gasteiger partial charge in [-0.2, -0.15) is 5.10 Å². The molecule has 7 nitrogen and oxygen atoms in total. The Kier molecular flexibility index (Phi) is 4.27. The summed E-state index contributed by atoms with van der Waals surface area (Å²) < 4.78 is 0. The van der Waals surface area contributed by atoms with Gasteiger partial charge in [0.2, 0.25) is 5.91 Å². The van der Waals surface area contributed by atoms with Gasteiger partial charge in [-0.3, -0.25) is 4.79 Å². The first-order valence-electron chi connectivity index (χ1n) is 6.22. The van der Waals surface area contributed by atoms with Gasteiger partial charge in [-0.25, -0.2) is 16.1 Å². The molecule has 2 N–H and O–H groups in total. The van der Waals surface area contributed by atoms with Gasteiger partial charge in [0.15, 0.2) is 0 Å². The van der Waals surface area contributed by atoms with Gasteiger partial charge in [0.05, 0.1) is 11.4 Å². The molecule has 1 aliphatic heterocycles. The number of hydrogen-bond acceptors (Lipinski definition) is 5. The van der Waals surface area contributed by atoms with Crippen LogP contribution in [0.2, 0.25) is 0 Å². The van der Waals surface area contributed by atoms with Crippen molar-refractivity contribution in [1.82, 2.24) is 5.43 Å². The van der Waals surface area contributed by atoms with Crippen molar-refractivity contribution in [3.8, 4) is 6.07 Å². The number of nitrogens with one attached hydrogen (secondary N) is 2. The van der Waals surface area contributed by atoms with Crippen LogP contribution in [0.4, 0.5) is 5.69 Å². The number of carbonyl (C=O) groups is 1. The number of benzene rings is 1. The highest BCUT2D eigenvalue weighted by molar-refractivity contribution is 6.06. The molecule has 0 radical (unpaired) electrons. The number of anilines is 1. The molecule has 0 saturated carbocycles. The molecule has 1 heterocycles. The number of nitriles is 1. The summed E-state index contributed by atoms with van der Waals surface area (Å²) in [6, 6.07) is 8.89. The van der Waals surface area contributed by atoms with E-state index >= 15 is 0 Å². The summed E-state index contributed by atoms with van der Waals surface area (Å²) in [6.07, 6.45) is 0.416. The summed E-state index contributed by atoms with van der Waals surface area (Å²) in [4.78, 5) is 14.2. The van der Waals surface area contributed by atoms with Crippen LogP contribution >= 0.6 is 0 Å². The Bertz CT molecular complexity index is 674. The lowest BCUT2D eigenvalue weighted by Gasteiger charge is -2.19. The summed E-state index contributed by atoms with van der Waals surface area (Å²) in [5.74, 6) is -0.281. The quantitative estimate of drug-likeness (QED) is 0.382. The second-order valence-electron chi connectivity index (χ2n) is 4.49. The van der Waals surface area contributed by atoms with E-state index in [4.69, 9.17) is 11.8 Å². The molecule has 0 aromatic heterocycles. The van der Waals surface area contributed by atoms with Gasteiger partial charge in [0, 0.05) is 12.3 Å². The molecule has 1 aromatic carbocycles. The minimum atomic E-state index is -0.257. The molecule has 104 valence electrons. The van der Waals surface area contributed by atoms with Crippen molar-refractivity contribution in [1.29, 1.82) is 5.26 Å². The number of carbonyl (C=O) groups excluding carboxylic acids is 1. The summed E-state index contributed by atoms with van der Waals surface area (Å²) >= 11 is 0. The molecule has 2 rings (SSSR count). The van der Waals surface area contributed by atoms with Gasteiger partial charge in [-0.05, 0) is 22.8 Å². The number of hydrazone groups is 2. The SMILES string of the molecule is [C-]#[N+]/C(C#N)=N\Nc1ccc(C2=NNC(=O)C[C@H]2C)cc1. The minimum absolute atomic E-state index is 0.0582. The normalized spacial score (nSPS) is 18.0. The third-order valence-corrected chi connectivity index (χ3v) is 2.94. The van der Waals surface area contributed by atoms with E-state index in [2.05, 4.69) is 25.9 Å². The highest BCUT2D eigenvalue weighted by atomic mass is 16.2. The summed E-state index contributed by atoms with van der Waals surface area (Å²) in [5, 5.41) is 16.3. The maximum absolute atomic E-state index is 11.2. The molecule has 0 saturated heterocycles. The second-order valence-corrected chi connectivity index (χ2v) is 4.49. The van der Waals surface area contributed by atoms with Crippen molar-refractivity contribution in [3.63, 3.8) is 0 Å². The van der Waals surface area contributed by atoms with Crippen molar-refractivity contribution in [2.24, 2.45) is 16.1 Å². The number of rotatable bonds is 3. The van der Waals surface area contributed by atoms with Crippen LogP contribution in [-0.2, 0) is 4.79 Å². The minimum Gasteiger partial charge on any atom is -0.350 e. The van der Waals surface area contributed by atoms with E-state index in [0.717, 1.165) is 11.3 Å². The van der Waals surface area contributed by atoms with Crippen LogP contribution in [0.5, 0.6) is 0 Å². The molecule has 1 aromatic rings. The average Bonchev–Trinajstić information content (AvgIpc) is 2.49. The van der Waals surface area contributed by atoms with E-state index < -0.39 is 0 Å². The number of amidine groups is 1. The van der Waals surface area contributed by atoms with Gasteiger partial charge in [-0.1, -0.05) is 25.6 Å².